The van der Waals surface area contributed by atoms with Crippen molar-refractivity contribution in [2.45, 2.75) is 31.8 Å². The van der Waals surface area contributed by atoms with Gasteiger partial charge >= 0.3 is 12.1 Å². The summed E-state index contributed by atoms with van der Waals surface area (Å²) in [7, 11) is -3.67. The number of carbonyl (C=O) groups excluding carboxylic acids is 2. The number of nitrogens with one attached hydrogen (secondary N) is 2. The highest BCUT2D eigenvalue weighted by molar-refractivity contribution is 7.88. The Morgan fingerprint density at radius 1 is 1.08 bits per heavy atom. The Labute approximate surface area is 304 Å². The number of hydrogen-bond acceptors (Lipinski definition) is 8. The van der Waals surface area contributed by atoms with Gasteiger partial charge in [-0.05, 0) is 78.3 Å². The van der Waals surface area contributed by atoms with E-state index >= 15 is 0 Å². The van der Waals surface area contributed by atoms with Crippen LogP contribution < -0.4 is 19.7 Å². The molecule has 268 valence electrons. The zero-order valence-electron chi connectivity index (χ0n) is 27.6. The van der Waals surface area contributed by atoms with Crippen LogP contribution in [0.2, 0.25) is 10.0 Å². The average molecular weight is 757 g/mol. The Morgan fingerprint density at radius 2 is 1.86 bits per heavy atom. The molecule has 0 unspecified atom stereocenters. The van der Waals surface area contributed by atoms with Gasteiger partial charge in [-0.3, -0.25) is 14.4 Å². The number of carboxylic acids is 1. The van der Waals surface area contributed by atoms with Crippen LogP contribution in [0.3, 0.4) is 0 Å². The van der Waals surface area contributed by atoms with Crippen molar-refractivity contribution >= 4 is 56.9 Å². The number of hydrogen-bond donors (Lipinski definition) is 3. The average Bonchev–Trinajstić information content (AvgIpc) is 3.74. The van der Waals surface area contributed by atoms with Crippen LogP contribution in [0.4, 0.5) is 10.5 Å². The number of amides is 2. The first-order chi connectivity index (χ1) is 24.3. The number of carbonyl (C=O) groups is 3. The molecule has 1 aromatic heterocycles. The maximum absolute atomic E-state index is 13.3. The second-order valence-electron chi connectivity index (χ2n) is 12.5. The Morgan fingerprint density at radius 3 is 2.63 bits per heavy atom. The van der Waals surface area contributed by atoms with Gasteiger partial charge in [0, 0.05) is 46.0 Å². The van der Waals surface area contributed by atoms with Crippen LogP contribution in [0.15, 0.2) is 67.0 Å². The number of benzene rings is 3. The van der Waals surface area contributed by atoms with Gasteiger partial charge in [-0.2, -0.15) is 5.10 Å². The van der Waals surface area contributed by atoms with E-state index in [0.717, 1.165) is 40.6 Å². The molecule has 0 spiro atoms. The fraction of sp³-hybridized carbons (Fsp3) is 0.314. The lowest BCUT2D eigenvalue weighted by molar-refractivity contribution is -0.139. The summed E-state index contributed by atoms with van der Waals surface area (Å²) in [5.74, 6) is -0.836. The molecule has 2 amide bonds. The molecule has 1 fully saturated rings. The molecule has 0 saturated heterocycles. The van der Waals surface area contributed by atoms with Crippen molar-refractivity contribution in [2.75, 3.05) is 37.5 Å². The molecular formula is C35H35Cl2N5O8S. The lowest BCUT2D eigenvalue weighted by Gasteiger charge is -2.29. The molecule has 3 aromatic carbocycles. The largest absolute Gasteiger partial charge is 0.490 e. The first-order valence-corrected chi connectivity index (χ1v) is 18.7. The number of nitrogens with zero attached hydrogens (tertiary/aromatic N) is 3. The molecule has 2 heterocycles. The molecule has 3 atom stereocenters. The van der Waals surface area contributed by atoms with Gasteiger partial charge in [0.05, 0.1) is 24.7 Å². The van der Waals surface area contributed by atoms with Gasteiger partial charge in [-0.25, -0.2) is 22.7 Å². The Hall–Kier alpha value is -4.63. The maximum Gasteiger partial charge on any atom is 0.414 e. The lowest BCUT2D eigenvalue weighted by Crippen LogP contribution is -2.48. The Balaban J connectivity index is 1.14. The van der Waals surface area contributed by atoms with Crippen LogP contribution in [0.25, 0.3) is 11.1 Å². The summed E-state index contributed by atoms with van der Waals surface area (Å²) in [6.07, 6.45) is 5.00. The SMILES string of the molecule is Cc1c(Cl)cccc1OCCOC(=O)N1C[C@@H]2C[C@@H]2c2c(-c3cnn(Cc4cc(C(=O)N[C@@H](CNS(C)(=O)=O)C(=O)O)ccc4Cl)c3)cccc21. The monoisotopic (exact) mass is 755 g/mol. The van der Waals surface area contributed by atoms with Gasteiger partial charge in [0.25, 0.3) is 5.91 Å². The number of rotatable bonds is 13. The van der Waals surface area contributed by atoms with Crippen molar-refractivity contribution in [3.63, 3.8) is 0 Å². The van der Waals surface area contributed by atoms with E-state index in [2.05, 4.69) is 15.1 Å². The summed E-state index contributed by atoms with van der Waals surface area (Å²) < 4.78 is 38.0. The summed E-state index contributed by atoms with van der Waals surface area (Å²) in [6.45, 7) is 2.37. The van der Waals surface area contributed by atoms with Crippen molar-refractivity contribution in [2.24, 2.45) is 5.92 Å². The summed E-state index contributed by atoms with van der Waals surface area (Å²) in [4.78, 5) is 39.5. The Bertz CT molecular complexity index is 2110. The minimum absolute atomic E-state index is 0.0725. The van der Waals surface area contributed by atoms with E-state index in [1.807, 2.05) is 37.4 Å². The number of carboxylic acid groups (broad SMARTS) is 1. The quantitative estimate of drug-likeness (QED) is 0.158. The lowest BCUT2D eigenvalue weighted by atomic mass is 9.93. The molecule has 6 rings (SSSR count). The van der Waals surface area contributed by atoms with Crippen molar-refractivity contribution in [1.29, 1.82) is 0 Å². The molecule has 1 aliphatic carbocycles. The molecule has 0 radical (unpaired) electrons. The van der Waals surface area contributed by atoms with Gasteiger partial charge in [0.2, 0.25) is 10.0 Å². The molecule has 0 bridgehead atoms. The molecule has 2 aliphatic rings. The zero-order valence-corrected chi connectivity index (χ0v) is 30.0. The van der Waals surface area contributed by atoms with E-state index in [1.165, 1.54) is 18.2 Å². The first-order valence-electron chi connectivity index (χ1n) is 16.0. The van der Waals surface area contributed by atoms with E-state index in [1.54, 1.807) is 27.9 Å². The number of aliphatic carboxylic acids is 1. The van der Waals surface area contributed by atoms with Gasteiger partial charge in [-0.15, -0.1) is 0 Å². The van der Waals surface area contributed by atoms with Gasteiger partial charge < -0.3 is 19.9 Å². The number of ether oxygens (including phenoxy) is 2. The number of sulfonamides is 1. The van der Waals surface area contributed by atoms with E-state index in [-0.39, 0.29) is 25.3 Å². The molecular weight excluding hydrogens is 721 g/mol. The van der Waals surface area contributed by atoms with Crippen LogP contribution in [-0.4, -0.2) is 79.9 Å². The number of anilines is 1. The topological polar surface area (TPSA) is 169 Å². The zero-order chi connectivity index (χ0) is 36.4. The fourth-order valence-electron chi connectivity index (χ4n) is 6.12. The standard InChI is InChI=1S/C35H35Cl2N5O8S/c1-20-27(36)6-4-8-31(20)49-11-12-50-35(46)42-19-22-14-26(22)32-25(5-3-7-30(32)42)24-15-38-41(18-24)17-23-13-21(9-10-28(23)37)33(43)40-29(34(44)45)16-39-51(2,47)48/h3-10,13,15,18,22,26,29,39H,11-12,14,16-17,19H2,1-2H3,(H,40,43)(H,44,45)/t22-,26-,29-/m0/s1. The fourth-order valence-corrected chi connectivity index (χ4v) is 6.93. The van der Waals surface area contributed by atoms with Gasteiger partial charge in [0.1, 0.15) is 25.0 Å². The molecule has 16 heteroatoms. The molecule has 1 aliphatic heterocycles. The second-order valence-corrected chi connectivity index (χ2v) is 15.1. The van der Waals surface area contributed by atoms with Crippen LogP contribution >= 0.6 is 23.2 Å². The second kappa shape index (κ2) is 14.9. The van der Waals surface area contributed by atoms with Crippen LogP contribution in [0, 0.1) is 12.8 Å². The number of fused-ring (bicyclic) bond motifs is 3. The van der Waals surface area contributed by atoms with E-state index in [9.17, 15) is 27.9 Å². The summed E-state index contributed by atoms with van der Waals surface area (Å²) in [6, 6.07) is 14.2. The predicted octanol–water partition coefficient (Wildman–Crippen LogP) is 5.08. The maximum atomic E-state index is 13.3. The van der Waals surface area contributed by atoms with Crippen LogP contribution in [0.5, 0.6) is 5.75 Å². The van der Waals surface area contributed by atoms with Gasteiger partial charge in [-0.1, -0.05) is 41.4 Å². The van der Waals surface area contributed by atoms with Crippen LogP contribution in [-0.2, 0) is 26.1 Å². The molecule has 13 nitrogen and oxygen atoms in total. The number of halogens is 2. The van der Waals surface area contributed by atoms with Crippen molar-refractivity contribution in [3.05, 3.63) is 99.3 Å². The van der Waals surface area contributed by atoms with E-state index in [0.29, 0.717) is 39.7 Å². The summed E-state index contributed by atoms with van der Waals surface area (Å²) in [5.41, 5.74) is 5.16. The third-order valence-corrected chi connectivity index (χ3v) is 10.3. The van der Waals surface area contributed by atoms with E-state index in [4.69, 9.17) is 32.7 Å². The third-order valence-electron chi connectivity index (χ3n) is 8.83. The molecule has 4 aromatic rings. The minimum Gasteiger partial charge on any atom is -0.490 e. The minimum atomic E-state index is -3.67. The summed E-state index contributed by atoms with van der Waals surface area (Å²) >= 11 is 12.7. The van der Waals surface area contributed by atoms with Gasteiger partial charge in [0.15, 0.2) is 0 Å². The van der Waals surface area contributed by atoms with Crippen molar-refractivity contribution in [3.8, 4) is 16.9 Å². The number of aromatic nitrogens is 2. The normalized spacial score (nSPS) is 16.8. The highest BCUT2D eigenvalue weighted by Crippen LogP contribution is 2.57. The third kappa shape index (κ3) is 8.47. The predicted molar refractivity (Wildman–Crippen MR) is 191 cm³/mol. The highest BCUT2D eigenvalue weighted by atomic mass is 35.5. The van der Waals surface area contributed by atoms with Crippen molar-refractivity contribution in [1.82, 2.24) is 19.8 Å². The van der Waals surface area contributed by atoms with Crippen molar-refractivity contribution < 1.29 is 37.4 Å². The Kier molecular flexibility index (Phi) is 10.6. The highest BCUT2D eigenvalue weighted by Gasteiger charge is 2.48. The first kappa shape index (κ1) is 36.2. The molecule has 51 heavy (non-hydrogen) atoms. The molecule has 3 N–H and O–H groups in total. The summed E-state index contributed by atoms with van der Waals surface area (Å²) in [5, 5.41) is 17.3. The smallest absolute Gasteiger partial charge is 0.414 e. The van der Waals surface area contributed by atoms with Crippen LogP contribution in [0.1, 0.15) is 39.4 Å². The van der Waals surface area contributed by atoms with E-state index < -0.39 is 40.6 Å². The molecule has 1 saturated carbocycles.